The van der Waals surface area contributed by atoms with Gasteiger partial charge in [-0.05, 0) is 37.3 Å². The van der Waals surface area contributed by atoms with Crippen molar-refractivity contribution in [1.82, 2.24) is 4.57 Å². The van der Waals surface area contributed by atoms with Crippen LogP contribution in [0, 0.1) is 0 Å². The van der Waals surface area contributed by atoms with Gasteiger partial charge in [0.15, 0.2) is 4.80 Å². The molecule has 0 saturated heterocycles. The second-order valence-corrected chi connectivity index (χ2v) is 7.04. The zero-order valence-corrected chi connectivity index (χ0v) is 17.1. The van der Waals surface area contributed by atoms with Crippen molar-refractivity contribution < 1.29 is 23.8 Å². The summed E-state index contributed by atoms with van der Waals surface area (Å²) in [6.07, 6.45) is 0.131. The maximum Gasteiger partial charge on any atom is 0.326 e. The third-order valence-corrected chi connectivity index (χ3v) is 5.07. The lowest BCUT2D eigenvalue weighted by atomic mass is 10.3. The fraction of sp³-hybridized carbons (Fsp3) is 0.286. The molecule has 152 valence electrons. The number of carbonyl (C=O) groups excluding carboxylic acids is 2. The molecular formula is C21H22N2O5S. The molecule has 1 aromatic heterocycles. The molecule has 3 aromatic rings. The summed E-state index contributed by atoms with van der Waals surface area (Å²) in [5.41, 5.74) is 0.788. The third-order valence-electron chi connectivity index (χ3n) is 4.03. The zero-order chi connectivity index (χ0) is 20.6. The maximum absolute atomic E-state index is 12.4. The van der Waals surface area contributed by atoms with Crippen molar-refractivity contribution in [3.63, 3.8) is 0 Å². The van der Waals surface area contributed by atoms with Gasteiger partial charge in [0.2, 0.25) is 0 Å². The van der Waals surface area contributed by atoms with E-state index in [1.54, 1.807) is 24.7 Å². The number of fused-ring (bicyclic) bond motifs is 1. The number of thiazole rings is 1. The molecule has 29 heavy (non-hydrogen) atoms. The van der Waals surface area contributed by atoms with Crippen LogP contribution in [0.4, 0.5) is 0 Å². The van der Waals surface area contributed by atoms with Gasteiger partial charge in [-0.2, -0.15) is 4.99 Å². The lowest BCUT2D eigenvalue weighted by molar-refractivity contribution is -0.143. The quantitative estimate of drug-likeness (QED) is 0.529. The summed E-state index contributed by atoms with van der Waals surface area (Å²) < 4.78 is 18.4. The minimum atomic E-state index is -0.385. The third kappa shape index (κ3) is 5.45. The van der Waals surface area contributed by atoms with E-state index in [4.69, 9.17) is 14.2 Å². The average Bonchev–Trinajstić information content (AvgIpc) is 3.05. The van der Waals surface area contributed by atoms with Gasteiger partial charge < -0.3 is 18.8 Å². The highest BCUT2D eigenvalue weighted by molar-refractivity contribution is 7.16. The number of amides is 1. The summed E-state index contributed by atoms with van der Waals surface area (Å²) in [5.74, 6) is 0.684. The highest BCUT2D eigenvalue weighted by Crippen LogP contribution is 2.23. The topological polar surface area (TPSA) is 79.1 Å². The largest absolute Gasteiger partial charge is 0.497 e. The molecule has 3 rings (SSSR count). The summed E-state index contributed by atoms with van der Waals surface area (Å²) >= 11 is 1.32. The van der Waals surface area contributed by atoms with Gasteiger partial charge >= 0.3 is 5.97 Å². The van der Waals surface area contributed by atoms with Crippen molar-refractivity contribution in [2.45, 2.75) is 19.9 Å². The molecule has 0 fully saturated rings. The first kappa shape index (κ1) is 20.6. The molecule has 0 spiro atoms. The van der Waals surface area contributed by atoms with E-state index in [0.29, 0.717) is 16.3 Å². The van der Waals surface area contributed by atoms with Gasteiger partial charge in [-0.25, -0.2) is 0 Å². The number of aromatic nitrogens is 1. The molecule has 1 amide bonds. The number of rotatable bonds is 8. The number of nitrogens with zero attached hydrogens (tertiary/aromatic N) is 2. The van der Waals surface area contributed by atoms with Crippen LogP contribution in [0.25, 0.3) is 10.2 Å². The van der Waals surface area contributed by atoms with Crippen molar-refractivity contribution >= 4 is 33.4 Å². The molecule has 0 unspecified atom stereocenters. The molecule has 0 saturated carbocycles. The molecule has 7 nitrogen and oxygen atoms in total. The van der Waals surface area contributed by atoms with Gasteiger partial charge in [0.1, 0.15) is 18.0 Å². The number of para-hydroxylation sites is 1. The molecule has 0 aliphatic rings. The lowest BCUT2D eigenvalue weighted by Gasteiger charge is -2.06. The summed E-state index contributed by atoms with van der Waals surface area (Å²) in [6.45, 7) is 2.24. The number of ether oxygens (including phenoxy) is 3. The molecular weight excluding hydrogens is 392 g/mol. The van der Waals surface area contributed by atoms with E-state index in [-0.39, 0.29) is 38.1 Å². The van der Waals surface area contributed by atoms with Gasteiger partial charge in [0, 0.05) is 0 Å². The van der Waals surface area contributed by atoms with Crippen molar-refractivity contribution in [3.8, 4) is 11.5 Å². The Labute approximate surface area is 172 Å². The molecule has 0 radical (unpaired) electrons. The van der Waals surface area contributed by atoms with E-state index in [1.807, 2.05) is 42.5 Å². The second-order valence-electron chi connectivity index (χ2n) is 6.03. The molecule has 8 heteroatoms. The van der Waals surface area contributed by atoms with Crippen molar-refractivity contribution in [3.05, 3.63) is 53.3 Å². The van der Waals surface area contributed by atoms with Crippen LogP contribution >= 0.6 is 11.3 Å². The van der Waals surface area contributed by atoms with Gasteiger partial charge in [-0.3, -0.25) is 9.59 Å². The van der Waals surface area contributed by atoms with Crippen LogP contribution in [0.5, 0.6) is 11.5 Å². The summed E-state index contributed by atoms with van der Waals surface area (Å²) in [7, 11) is 1.59. The zero-order valence-electron chi connectivity index (χ0n) is 16.3. The Morgan fingerprint density at radius 3 is 2.62 bits per heavy atom. The number of esters is 1. The Bertz CT molecular complexity index is 1060. The molecule has 0 bridgehead atoms. The highest BCUT2D eigenvalue weighted by atomic mass is 32.1. The van der Waals surface area contributed by atoms with Crippen LogP contribution in [0.3, 0.4) is 0 Å². The highest BCUT2D eigenvalue weighted by Gasteiger charge is 2.13. The minimum absolute atomic E-state index is 0.0210. The molecule has 1 heterocycles. The normalized spacial score (nSPS) is 11.4. The second kappa shape index (κ2) is 9.88. The number of methoxy groups -OCH3 is 1. The Kier molecular flexibility index (Phi) is 7.02. The van der Waals surface area contributed by atoms with Gasteiger partial charge in [0.25, 0.3) is 5.91 Å². The molecule has 0 atom stereocenters. The monoisotopic (exact) mass is 414 g/mol. The standard InChI is InChI=1S/C21H22N2O5S/c1-3-27-20(25)14-23-17-10-9-16(26-2)13-18(17)29-21(23)22-19(24)11-12-28-15-7-5-4-6-8-15/h4-10,13H,3,11-12,14H2,1-2H3. The first-order valence-corrected chi connectivity index (χ1v) is 10.0. The first-order chi connectivity index (χ1) is 14.1. The van der Waals surface area contributed by atoms with Crippen LogP contribution in [-0.4, -0.2) is 36.8 Å². The fourth-order valence-corrected chi connectivity index (χ4v) is 3.76. The van der Waals surface area contributed by atoms with Crippen LogP contribution in [0.15, 0.2) is 53.5 Å². The molecule has 0 aliphatic carbocycles. The molecule has 0 N–H and O–H groups in total. The maximum atomic E-state index is 12.4. The Hall–Kier alpha value is -3.13. The van der Waals surface area contributed by atoms with E-state index < -0.39 is 0 Å². The number of hydrogen-bond donors (Lipinski definition) is 0. The first-order valence-electron chi connectivity index (χ1n) is 9.19. The van der Waals surface area contributed by atoms with Crippen LogP contribution in [0.2, 0.25) is 0 Å². The minimum Gasteiger partial charge on any atom is -0.497 e. The predicted octanol–water partition coefficient (Wildman–Crippen LogP) is 3.17. The Balaban J connectivity index is 1.83. The van der Waals surface area contributed by atoms with Gasteiger partial charge in [-0.15, -0.1) is 0 Å². The summed E-state index contributed by atoms with van der Waals surface area (Å²) in [4.78, 5) is 29.1. The summed E-state index contributed by atoms with van der Waals surface area (Å²) in [6, 6.07) is 14.8. The van der Waals surface area contributed by atoms with Gasteiger partial charge in [0.05, 0.1) is 37.0 Å². The van der Waals surface area contributed by atoms with E-state index in [2.05, 4.69) is 4.99 Å². The van der Waals surface area contributed by atoms with Crippen molar-refractivity contribution in [2.24, 2.45) is 4.99 Å². The van der Waals surface area contributed by atoms with Crippen LogP contribution < -0.4 is 14.3 Å². The van der Waals surface area contributed by atoms with Crippen LogP contribution in [0.1, 0.15) is 13.3 Å². The van der Waals surface area contributed by atoms with Gasteiger partial charge in [-0.1, -0.05) is 29.5 Å². The SMILES string of the molecule is CCOC(=O)Cn1c(=NC(=O)CCOc2ccccc2)sc2cc(OC)ccc21. The van der Waals surface area contributed by atoms with Crippen molar-refractivity contribution in [2.75, 3.05) is 20.3 Å². The smallest absolute Gasteiger partial charge is 0.326 e. The predicted molar refractivity (Wildman–Crippen MR) is 110 cm³/mol. The van der Waals surface area contributed by atoms with E-state index >= 15 is 0 Å². The number of hydrogen-bond acceptors (Lipinski definition) is 6. The Morgan fingerprint density at radius 1 is 1.10 bits per heavy atom. The van der Waals surface area contributed by atoms with E-state index in [1.165, 1.54) is 11.3 Å². The number of carbonyl (C=O) groups is 2. The average molecular weight is 414 g/mol. The summed E-state index contributed by atoms with van der Waals surface area (Å²) in [5, 5.41) is 0. The van der Waals surface area contributed by atoms with Crippen molar-refractivity contribution in [1.29, 1.82) is 0 Å². The Morgan fingerprint density at radius 2 is 1.90 bits per heavy atom. The number of benzene rings is 2. The lowest BCUT2D eigenvalue weighted by Crippen LogP contribution is -2.23. The van der Waals surface area contributed by atoms with Crippen LogP contribution in [-0.2, 0) is 20.9 Å². The fourth-order valence-electron chi connectivity index (χ4n) is 2.69. The van der Waals surface area contributed by atoms with E-state index in [0.717, 1.165) is 10.2 Å². The molecule has 0 aliphatic heterocycles. The van der Waals surface area contributed by atoms with E-state index in [9.17, 15) is 9.59 Å². The molecule has 2 aromatic carbocycles.